The fourth-order valence-electron chi connectivity index (χ4n) is 1.28. The van der Waals surface area contributed by atoms with Gasteiger partial charge < -0.3 is 10.5 Å². The molecule has 0 saturated heterocycles. The quantitative estimate of drug-likeness (QED) is 0.622. The molecule has 2 aromatic rings. The van der Waals surface area contributed by atoms with E-state index in [1.54, 1.807) is 12.1 Å². The van der Waals surface area contributed by atoms with Gasteiger partial charge in [-0.05, 0) is 12.1 Å². The Bertz CT molecular complexity index is 543. The zero-order chi connectivity index (χ0) is 12.4. The summed E-state index contributed by atoms with van der Waals surface area (Å²) in [5.74, 6) is 1.02. The van der Waals surface area contributed by atoms with Crippen molar-refractivity contribution < 1.29 is 4.74 Å². The molecule has 0 radical (unpaired) electrons. The third-order valence-electron chi connectivity index (χ3n) is 2.13. The standard InChI is InChI=1S/C12H8Cl3NO/c13-8-6-9(10(14)11(15)12(8)16)17-7-4-2-1-3-5-7/h1-6H,16H2. The van der Waals surface area contributed by atoms with E-state index in [9.17, 15) is 0 Å². The highest BCUT2D eigenvalue weighted by Gasteiger charge is 2.13. The molecule has 0 aromatic heterocycles. The normalized spacial score (nSPS) is 10.3. The first kappa shape index (κ1) is 12.4. The van der Waals surface area contributed by atoms with Gasteiger partial charge in [0.25, 0.3) is 0 Å². The summed E-state index contributed by atoms with van der Waals surface area (Å²) in [4.78, 5) is 0. The summed E-state index contributed by atoms with van der Waals surface area (Å²) >= 11 is 17.9. The number of rotatable bonds is 2. The second kappa shape index (κ2) is 5.05. The highest BCUT2D eigenvalue weighted by molar-refractivity contribution is 6.46. The van der Waals surface area contributed by atoms with Crippen molar-refractivity contribution in [1.82, 2.24) is 0 Å². The molecule has 17 heavy (non-hydrogen) atoms. The lowest BCUT2D eigenvalue weighted by molar-refractivity contribution is 0.483. The molecule has 2 aromatic carbocycles. The van der Waals surface area contributed by atoms with Crippen LogP contribution in [0.15, 0.2) is 36.4 Å². The summed E-state index contributed by atoms with van der Waals surface area (Å²) in [6.07, 6.45) is 0. The van der Waals surface area contributed by atoms with Crippen molar-refractivity contribution in [3.8, 4) is 11.5 Å². The first-order valence-electron chi connectivity index (χ1n) is 4.75. The summed E-state index contributed by atoms with van der Waals surface area (Å²) in [6.45, 7) is 0. The number of nitrogen functional groups attached to an aromatic ring is 1. The van der Waals surface area contributed by atoms with Gasteiger partial charge in [0.1, 0.15) is 16.5 Å². The molecule has 0 aliphatic carbocycles. The van der Waals surface area contributed by atoms with E-state index in [1.807, 2.05) is 18.2 Å². The minimum atomic E-state index is 0.199. The second-order valence-corrected chi connectivity index (χ2v) is 4.48. The molecule has 0 unspecified atom stereocenters. The fraction of sp³-hybridized carbons (Fsp3) is 0. The Balaban J connectivity index is 2.41. The van der Waals surface area contributed by atoms with Gasteiger partial charge in [-0.3, -0.25) is 0 Å². The molecule has 0 aliphatic heterocycles. The first-order valence-corrected chi connectivity index (χ1v) is 5.89. The van der Waals surface area contributed by atoms with E-state index < -0.39 is 0 Å². The van der Waals surface area contributed by atoms with Crippen LogP contribution in [0.25, 0.3) is 0 Å². The number of halogens is 3. The van der Waals surface area contributed by atoms with Gasteiger partial charge in [0, 0.05) is 6.07 Å². The van der Waals surface area contributed by atoms with Crippen LogP contribution in [0.4, 0.5) is 5.69 Å². The number of ether oxygens (including phenoxy) is 1. The van der Waals surface area contributed by atoms with Crippen LogP contribution in [0, 0.1) is 0 Å². The summed E-state index contributed by atoms with van der Waals surface area (Å²) in [5, 5.41) is 0.757. The van der Waals surface area contributed by atoms with Gasteiger partial charge in [-0.2, -0.15) is 0 Å². The van der Waals surface area contributed by atoms with Crippen molar-refractivity contribution in [3.05, 3.63) is 51.5 Å². The van der Waals surface area contributed by atoms with E-state index in [0.29, 0.717) is 16.5 Å². The molecule has 2 nitrogen and oxygen atoms in total. The SMILES string of the molecule is Nc1c(Cl)cc(Oc2ccccc2)c(Cl)c1Cl. The van der Waals surface area contributed by atoms with Crippen molar-refractivity contribution >= 4 is 40.5 Å². The Morgan fingerprint density at radius 3 is 2.24 bits per heavy atom. The Kier molecular flexibility index (Phi) is 3.67. The zero-order valence-corrected chi connectivity index (χ0v) is 10.9. The zero-order valence-electron chi connectivity index (χ0n) is 8.58. The fourth-order valence-corrected chi connectivity index (χ4v) is 1.91. The Hall–Kier alpha value is -1.09. The first-order chi connectivity index (χ1) is 8.09. The molecular formula is C12H8Cl3NO. The molecule has 5 heteroatoms. The van der Waals surface area contributed by atoms with E-state index in [1.165, 1.54) is 6.07 Å². The van der Waals surface area contributed by atoms with Gasteiger partial charge >= 0.3 is 0 Å². The minimum Gasteiger partial charge on any atom is -0.456 e. The maximum absolute atomic E-state index is 6.02. The molecule has 0 amide bonds. The average molecular weight is 289 g/mol. The van der Waals surface area contributed by atoms with Crippen LogP contribution in [0.2, 0.25) is 15.1 Å². The molecule has 2 N–H and O–H groups in total. The number of benzene rings is 2. The van der Waals surface area contributed by atoms with Gasteiger partial charge in [-0.15, -0.1) is 0 Å². The van der Waals surface area contributed by atoms with Gasteiger partial charge in [-0.1, -0.05) is 53.0 Å². The Morgan fingerprint density at radius 2 is 1.59 bits per heavy atom. The third kappa shape index (κ3) is 2.60. The molecule has 0 aliphatic rings. The minimum absolute atomic E-state index is 0.199. The topological polar surface area (TPSA) is 35.2 Å². The number of anilines is 1. The molecular weight excluding hydrogens is 280 g/mol. The average Bonchev–Trinajstić information content (AvgIpc) is 2.35. The van der Waals surface area contributed by atoms with Crippen LogP contribution >= 0.6 is 34.8 Å². The van der Waals surface area contributed by atoms with E-state index in [0.717, 1.165) is 0 Å². The molecule has 0 saturated carbocycles. The van der Waals surface area contributed by atoms with Crippen molar-refractivity contribution in [2.45, 2.75) is 0 Å². The van der Waals surface area contributed by atoms with E-state index in [4.69, 9.17) is 45.3 Å². The van der Waals surface area contributed by atoms with Crippen LogP contribution in [0.5, 0.6) is 11.5 Å². The van der Waals surface area contributed by atoms with Gasteiger partial charge in [-0.25, -0.2) is 0 Å². The summed E-state index contributed by atoms with van der Waals surface area (Å²) in [7, 11) is 0. The van der Waals surface area contributed by atoms with E-state index in [-0.39, 0.29) is 15.7 Å². The summed E-state index contributed by atoms with van der Waals surface area (Å²) in [6, 6.07) is 10.7. The monoisotopic (exact) mass is 287 g/mol. The molecule has 0 atom stereocenters. The molecule has 88 valence electrons. The highest BCUT2D eigenvalue weighted by atomic mass is 35.5. The maximum Gasteiger partial charge on any atom is 0.149 e. The molecule has 2 rings (SSSR count). The third-order valence-corrected chi connectivity index (χ3v) is 3.31. The number of hydrogen-bond acceptors (Lipinski definition) is 2. The van der Waals surface area contributed by atoms with Crippen LogP contribution in [-0.2, 0) is 0 Å². The Morgan fingerprint density at radius 1 is 0.941 bits per heavy atom. The van der Waals surface area contributed by atoms with E-state index >= 15 is 0 Å². The molecule has 0 bridgehead atoms. The van der Waals surface area contributed by atoms with Crippen molar-refractivity contribution in [1.29, 1.82) is 0 Å². The second-order valence-electron chi connectivity index (χ2n) is 3.31. The number of hydrogen-bond donors (Lipinski definition) is 1. The van der Waals surface area contributed by atoms with E-state index in [2.05, 4.69) is 0 Å². The maximum atomic E-state index is 6.02. The van der Waals surface area contributed by atoms with Gasteiger partial charge in [0.2, 0.25) is 0 Å². The lowest BCUT2D eigenvalue weighted by atomic mass is 10.3. The van der Waals surface area contributed by atoms with Crippen LogP contribution in [-0.4, -0.2) is 0 Å². The highest BCUT2D eigenvalue weighted by Crippen LogP contribution is 2.42. The molecule has 0 fully saturated rings. The largest absolute Gasteiger partial charge is 0.456 e. The molecule has 0 spiro atoms. The van der Waals surface area contributed by atoms with Crippen LogP contribution < -0.4 is 10.5 Å². The predicted octanol–water partition coefficient (Wildman–Crippen LogP) is 5.02. The lowest BCUT2D eigenvalue weighted by Crippen LogP contribution is -1.92. The van der Waals surface area contributed by atoms with Crippen molar-refractivity contribution in [2.24, 2.45) is 0 Å². The van der Waals surface area contributed by atoms with Gasteiger partial charge in [0.15, 0.2) is 0 Å². The van der Waals surface area contributed by atoms with Gasteiger partial charge in [0.05, 0.1) is 15.7 Å². The van der Waals surface area contributed by atoms with Crippen molar-refractivity contribution in [3.63, 3.8) is 0 Å². The number of para-hydroxylation sites is 1. The summed E-state index contributed by atoms with van der Waals surface area (Å²) in [5.41, 5.74) is 5.89. The smallest absolute Gasteiger partial charge is 0.149 e. The number of nitrogens with two attached hydrogens (primary N) is 1. The molecule has 0 heterocycles. The summed E-state index contributed by atoms with van der Waals surface area (Å²) < 4.78 is 5.57. The van der Waals surface area contributed by atoms with Crippen molar-refractivity contribution in [2.75, 3.05) is 5.73 Å². The van der Waals surface area contributed by atoms with Crippen LogP contribution in [0.1, 0.15) is 0 Å². The Labute approximate surface area is 114 Å². The predicted molar refractivity (Wildman–Crippen MR) is 72.4 cm³/mol. The lowest BCUT2D eigenvalue weighted by Gasteiger charge is -2.11. The van der Waals surface area contributed by atoms with Crippen LogP contribution in [0.3, 0.4) is 0 Å².